The Morgan fingerprint density at radius 3 is 2.57 bits per heavy atom. The number of guanidine groups is 1. The topological polar surface area (TPSA) is 53.5 Å². The molecule has 1 unspecified atom stereocenters. The van der Waals surface area contributed by atoms with Crippen molar-refractivity contribution in [1.82, 2.24) is 10.6 Å². The molecule has 2 rings (SSSR count). The Labute approximate surface area is 84.2 Å². The molecule has 0 radical (unpaired) electrons. The highest BCUT2D eigenvalue weighted by Crippen LogP contribution is 2.27. The Morgan fingerprint density at radius 1 is 1.29 bits per heavy atom. The molecule has 0 aromatic heterocycles. The van der Waals surface area contributed by atoms with Crippen LogP contribution in [0, 0.1) is 5.92 Å². The lowest BCUT2D eigenvalue weighted by Gasteiger charge is -2.25. The van der Waals surface area contributed by atoms with Crippen LogP contribution in [0.3, 0.4) is 0 Å². The van der Waals surface area contributed by atoms with E-state index in [0.29, 0.717) is 11.9 Å². The highest BCUT2D eigenvalue weighted by Gasteiger charge is 2.35. The van der Waals surface area contributed by atoms with Gasteiger partial charge in [0.1, 0.15) is 6.04 Å². The van der Waals surface area contributed by atoms with Crippen LogP contribution in [0.4, 0.5) is 0 Å². The summed E-state index contributed by atoms with van der Waals surface area (Å²) in [6.07, 6.45) is 6.17. The molecule has 1 heterocycles. The first-order chi connectivity index (χ1) is 6.81. The predicted molar refractivity (Wildman–Crippen MR) is 55.0 cm³/mol. The van der Waals surface area contributed by atoms with Crippen molar-refractivity contribution in [2.75, 3.05) is 7.05 Å². The van der Waals surface area contributed by atoms with E-state index < -0.39 is 0 Å². The molecule has 0 aromatic rings. The molecule has 4 heteroatoms. The fourth-order valence-electron chi connectivity index (χ4n) is 2.36. The minimum Gasteiger partial charge on any atom is -0.344 e. The Bertz CT molecular complexity index is 256. The second-order valence-electron chi connectivity index (χ2n) is 4.08. The van der Waals surface area contributed by atoms with Crippen LogP contribution >= 0.6 is 0 Å². The van der Waals surface area contributed by atoms with E-state index in [1.807, 2.05) is 0 Å². The van der Waals surface area contributed by atoms with Gasteiger partial charge in [-0.25, -0.2) is 0 Å². The Balaban J connectivity index is 2.00. The molecule has 1 atom stereocenters. The van der Waals surface area contributed by atoms with Gasteiger partial charge in [-0.1, -0.05) is 19.3 Å². The highest BCUT2D eigenvalue weighted by molar-refractivity contribution is 6.06. The number of hydrogen-bond donors (Lipinski definition) is 2. The fourth-order valence-corrected chi connectivity index (χ4v) is 2.36. The second kappa shape index (κ2) is 3.98. The summed E-state index contributed by atoms with van der Waals surface area (Å²) in [5.74, 6) is 1.23. The van der Waals surface area contributed by atoms with E-state index in [9.17, 15) is 4.79 Å². The van der Waals surface area contributed by atoms with Crippen molar-refractivity contribution in [3.63, 3.8) is 0 Å². The van der Waals surface area contributed by atoms with Crippen LogP contribution in [0.25, 0.3) is 0 Å². The number of carbonyl (C=O) groups excluding carboxylic acids is 1. The van der Waals surface area contributed by atoms with Crippen LogP contribution in [0.1, 0.15) is 32.1 Å². The Morgan fingerprint density at radius 2 is 2.00 bits per heavy atom. The van der Waals surface area contributed by atoms with Crippen molar-refractivity contribution in [1.29, 1.82) is 0 Å². The molecule has 2 aliphatic rings. The zero-order chi connectivity index (χ0) is 9.97. The van der Waals surface area contributed by atoms with Gasteiger partial charge in [0.05, 0.1) is 0 Å². The first kappa shape index (κ1) is 9.49. The number of aliphatic imine (C=N–C) groups is 1. The summed E-state index contributed by atoms with van der Waals surface area (Å²) >= 11 is 0. The van der Waals surface area contributed by atoms with Crippen molar-refractivity contribution in [2.24, 2.45) is 10.9 Å². The minimum atomic E-state index is -0.0333. The quantitative estimate of drug-likeness (QED) is 0.645. The molecule has 4 nitrogen and oxygen atoms in total. The molecule has 1 amide bonds. The van der Waals surface area contributed by atoms with Crippen LogP contribution in [0.2, 0.25) is 0 Å². The predicted octanol–water partition coefficient (Wildman–Crippen LogP) is 0.640. The standard InChI is InChI=1S/C10H17N3O/c1-11-10-12-8(9(14)13-10)7-5-3-2-4-6-7/h7-8H,2-6H2,1H3,(H2,11,12,13,14). The number of amides is 1. The first-order valence-electron chi connectivity index (χ1n) is 5.35. The largest absolute Gasteiger partial charge is 0.344 e. The molecule has 0 aromatic carbocycles. The zero-order valence-corrected chi connectivity index (χ0v) is 8.55. The van der Waals surface area contributed by atoms with Crippen LogP contribution in [-0.4, -0.2) is 25.0 Å². The Kier molecular flexibility index (Phi) is 2.70. The summed E-state index contributed by atoms with van der Waals surface area (Å²) in [5.41, 5.74) is 0. The number of rotatable bonds is 1. The summed E-state index contributed by atoms with van der Waals surface area (Å²) in [7, 11) is 1.69. The van der Waals surface area contributed by atoms with Crippen molar-refractivity contribution in [3.8, 4) is 0 Å². The lowest BCUT2D eigenvalue weighted by atomic mass is 9.84. The van der Waals surface area contributed by atoms with Crippen LogP contribution < -0.4 is 10.6 Å². The van der Waals surface area contributed by atoms with Gasteiger partial charge in [0.25, 0.3) is 0 Å². The van der Waals surface area contributed by atoms with Gasteiger partial charge >= 0.3 is 0 Å². The number of hydrogen-bond acceptors (Lipinski definition) is 2. The summed E-state index contributed by atoms with van der Waals surface area (Å²) < 4.78 is 0. The lowest BCUT2D eigenvalue weighted by molar-refractivity contribution is -0.121. The molecule has 1 aliphatic heterocycles. The van der Waals surface area contributed by atoms with Crippen molar-refractivity contribution < 1.29 is 4.79 Å². The molecule has 14 heavy (non-hydrogen) atoms. The maximum Gasteiger partial charge on any atom is 0.249 e. The molecule has 2 N–H and O–H groups in total. The third-order valence-electron chi connectivity index (χ3n) is 3.16. The van der Waals surface area contributed by atoms with Crippen molar-refractivity contribution in [3.05, 3.63) is 0 Å². The van der Waals surface area contributed by atoms with E-state index in [-0.39, 0.29) is 11.9 Å². The van der Waals surface area contributed by atoms with Crippen molar-refractivity contribution >= 4 is 11.9 Å². The molecular formula is C10H17N3O. The maximum atomic E-state index is 11.6. The third-order valence-corrected chi connectivity index (χ3v) is 3.16. The normalized spacial score (nSPS) is 31.6. The average Bonchev–Trinajstić information content (AvgIpc) is 2.61. The summed E-state index contributed by atoms with van der Waals surface area (Å²) in [6, 6.07) is -0.0333. The van der Waals surface area contributed by atoms with Gasteiger partial charge in [-0.15, -0.1) is 0 Å². The highest BCUT2D eigenvalue weighted by atomic mass is 16.2. The van der Waals surface area contributed by atoms with Gasteiger partial charge in [0, 0.05) is 7.05 Å². The second-order valence-corrected chi connectivity index (χ2v) is 4.08. The molecule has 1 saturated heterocycles. The smallest absolute Gasteiger partial charge is 0.249 e. The number of nitrogens with one attached hydrogen (secondary N) is 2. The molecule has 78 valence electrons. The Hall–Kier alpha value is -1.06. The summed E-state index contributed by atoms with van der Waals surface area (Å²) in [6.45, 7) is 0. The maximum absolute atomic E-state index is 11.6. The molecule has 1 saturated carbocycles. The number of carbonyl (C=O) groups is 1. The molecule has 2 fully saturated rings. The lowest BCUT2D eigenvalue weighted by Crippen LogP contribution is -2.38. The molecule has 1 aliphatic carbocycles. The van der Waals surface area contributed by atoms with E-state index >= 15 is 0 Å². The van der Waals surface area contributed by atoms with E-state index in [4.69, 9.17) is 0 Å². The van der Waals surface area contributed by atoms with Crippen molar-refractivity contribution in [2.45, 2.75) is 38.1 Å². The molecule has 0 spiro atoms. The van der Waals surface area contributed by atoms with Gasteiger partial charge < -0.3 is 5.32 Å². The number of nitrogens with zero attached hydrogens (tertiary/aromatic N) is 1. The zero-order valence-electron chi connectivity index (χ0n) is 8.55. The summed E-state index contributed by atoms with van der Waals surface area (Å²) in [5, 5.41) is 5.90. The van der Waals surface area contributed by atoms with Gasteiger partial charge in [-0.2, -0.15) is 0 Å². The average molecular weight is 195 g/mol. The van der Waals surface area contributed by atoms with Crippen LogP contribution in [0.5, 0.6) is 0 Å². The SMILES string of the molecule is CN=C1NC(=O)C(C2CCCCC2)N1. The van der Waals surface area contributed by atoms with Gasteiger partial charge in [-0.05, 0) is 18.8 Å². The van der Waals surface area contributed by atoms with Gasteiger partial charge in [-0.3, -0.25) is 15.1 Å². The monoisotopic (exact) mass is 195 g/mol. The third kappa shape index (κ3) is 1.74. The van der Waals surface area contributed by atoms with Crippen LogP contribution in [0.15, 0.2) is 4.99 Å². The van der Waals surface area contributed by atoms with Crippen LogP contribution in [-0.2, 0) is 4.79 Å². The molecular weight excluding hydrogens is 178 g/mol. The van der Waals surface area contributed by atoms with E-state index in [1.54, 1.807) is 7.05 Å². The van der Waals surface area contributed by atoms with E-state index in [1.165, 1.54) is 32.1 Å². The van der Waals surface area contributed by atoms with Gasteiger partial charge in [0.15, 0.2) is 5.96 Å². The fraction of sp³-hybridized carbons (Fsp3) is 0.800. The summed E-state index contributed by atoms with van der Waals surface area (Å²) in [4.78, 5) is 15.5. The molecule has 0 bridgehead atoms. The minimum absolute atomic E-state index is 0.0333. The first-order valence-corrected chi connectivity index (χ1v) is 5.35. The van der Waals surface area contributed by atoms with Gasteiger partial charge in [0.2, 0.25) is 5.91 Å². The van der Waals surface area contributed by atoms with E-state index in [0.717, 1.165) is 0 Å². The van der Waals surface area contributed by atoms with E-state index in [2.05, 4.69) is 15.6 Å².